The first-order chi connectivity index (χ1) is 13.9. The van der Waals surface area contributed by atoms with E-state index in [-0.39, 0.29) is 17.9 Å². The van der Waals surface area contributed by atoms with Gasteiger partial charge in [0.2, 0.25) is 0 Å². The third-order valence-corrected chi connectivity index (χ3v) is 5.22. The highest BCUT2D eigenvalue weighted by Crippen LogP contribution is 2.21. The Labute approximate surface area is 174 Å². The minimum absolute atomic E-state index is 0.00964. The first-order valence-corrected chi connectivity index (χ1v) is 10.2. The van der Waals surface area contributed by atoms with Crippen LogP contribution in [0.3, 0.4) is 0 Å². The van der Waals surface area contributed by atoms with Crippen LogP contribution >= 0.6 is 0 Å². The van der Waals surface area contributed by atoms with Gasteiger partial charge in [0.1, 0.15) is 0 Å². The van der Waals surface area contributed by atoms with Gasteiger partial charge >= 0.3 is 0 Å². The molecule has 1 aliphatic rings. The van der Waals surface area contributed by atoms with E-state index < -0.39 is 0 Å². The Bertz CT molecular complexity index is 802. The summed E-state index contributed by atoms with van der Waals surface area (Å²) in [6, 6.07) is 18.7. The van der Waals surface area contributed by atoms with Crippen molar-refractivity contribution in [3.05, 3.63) is 71.3 Å². The fourth-order valence-electron chi connectivity index (χ4n) is 3.35. The molecule has 0 bridgehead atoms. The fraction of sp³-hybridized carbons (Fsp3) is 0.417. The summed E-state index contributed by atoms with van der Waals surface area (Å²) in [6.45, 7) is 10.7. The summed E-state index contributed by atoms with van der Waals surface area (Å²) in [6.07, 6.45) is 1.65. The molecule has 5 nitrogen and oxygen atoms in total. The Hall–Kier alpha value is -2.66. The molecule has 1 heterocycles. The van der Waals surface area contributed by atoms with E-state index in [9.17, 15) is 4.79 Å². The Morgan fingerprint density at radius 3 is 2.28 bits per heavy atom. The van der Waals surface area contributed by atoms with Gasteiger partial charge in [0.15, 0.2) is 6.61 Å². The van der Waals surface area contributed by atoms with Gasteiger partial charge in [-0.25, -0.2) is 0 Å². The maximum absolute atomic E-state index is 12.3. The number of hydrogen-bond donors (Lipinski definition) is 0. The second-order valence-corrected chi connectivity index (χ2v) is 8.52. The van der Waals surface area contributed by atoms with E-state index in [0.717, 1.165) is 38.3 Å². The number of carbonyl (C=O) groups excluding carboxylic acids is 1. The summed E-state index contributed by atoms with van der Waals surface area (Å²) >= 11 is 0. The number of hydrogen-bond acceptors (Lipinski definition) is 4. The van der Waals surface area contributed by atoms with Crippen molar-refractivity contribution < 1.29 is 9.63 Å². The largest absolute Gasteiger partial charge is 0.386 e. The second-order valence-electron chi connectivity index (χ2n) is 8.52. The lowest BCUT2D eigenvalue weighted by Crippen LogP contribution is -2.49. The molecule has 0 aliphatic carbocycles. The average Bonchev–Trinajstić information content (AvgIpc) is 2.72. The molecule has 0 spiro atoms. The minimum Gasteiger partial charge on any atom is -0.386 e. The zero-order chi connectivity index (χ0) is 20.7. The lowest BCUT2D eigenvalue weighted by molar-refractivity contribution is -0.137. The maximum Gasteiger partial charge on any atom is 0.263 e. The summed E-state index contributed by atoms with van der Waals surface area (Å²) in [5, 5.41) is 3.96. The van der Waals surface area contributed by atoms with Crippen molar-refractivity contribution >= 4 is 12.1 Å². The van der Waals surface area contributed by atoms with E-state index in [2.05, 4.69) is 67.2 Å². The Morgan fingerprint density at radius 2 is 1.66 bits per heavy atom. The van der Waals surface area contributed by atoms with Crippen LogP contribution in [0.1, 0.15) is 37.5 Å². The van der Waals surface area contributed by atoms with E-state index >= 15 is 0 Å². The highest BCUT2D eigenvalue weighted by Gasteiger charge is 2.21. The van der Waals surface area contributed by atoms with Gasteiger partial charge in [0.25, 0.3) is 5.91 Å². The number of rotatable bonds is 6. The lowest BCUT2D eigenvalue weighted by Gasteiger charge is -2.34. The molecule has 1 fully saturated rings. The van der Waals surface area contributed by atoms with Crippen LogP contribution < -0.4 is 0 Å². The van der Waals surface area contributed by atoms with Gasteiger partial charge in [0, 0.05) is 32.7 Å². The molecular formula is C24H31N3O2. The van der Waals surface area contributed by atoms with Crippen LogP contribution in [-0.2, 0) is 21.6 Å². The normalized spacial score (nSPS) is 15.6. The smallest absolute Gasteiger partial charge is 0.263 e. The van der Waals surface area contributed by atoms with Gasteiger partial charge in [-0.2, -0.15) is 0 Å². The minimum atomic E-state index is -0.0186. The summed E-state index contributed by atoms with van der Waals surface area (Å²) in [4.78, 5) is 21.8. The topological polar surface area (TPSA) is 45.1 Å². The van der Waals surface area contributed by atoms with Crippen LogP contribution in [0, 0.1) is 0 Å². The zero-order valence-electron chi connectivity index (χ0n) is 17.7. The summed E-state index contributed by atoms with van der Waals surface area (Å²) < 4.78 is 0. The van der Waals surface area contributed by atoms with Crippen LogP contribution in [-0.4, -0.2) is 54.7 Å². The van der Waals surface area contributed by atoms with Gasteiger partial charge < -0.3 is 9.74 Å². The highest BCUT2D eigenvalue weighted by molar-refractivity contribution is 5.80. The van der Waals surface area contributed by atoms with Crippen molar-refractivity contribution in [3.8, 4) is 0 Å². The molecule has 1 saturated heterocycles. The Morgan fingerprint density at radius 1 is 1.00 bits per heavy atom. The molecule has 2 aromatic rings. The van der Waals surface area contributed by atoms with Crippen LogP contribution in [0.2, 0.25) is 0 Å². The molecule has 0 saturated carbocycles. The predicted molar refractivity (Wildman–Crippen MR) is 117 cm³/mol. The number of oxime groups is 1. The molecule has 3 rings (SSSR count). The molecule has 2 aromatic carbocycles. The molecule has 154 valence electrons. The molecule has 0 unspecified atom stereocenters. The van der Waals surface area contributed by atoms with Crippen molar-refractivity contribution in [2.45, 2.75) is 32.7 Å². The Balaban J connectivity index is 1.38. The van der Waals surface area contributed by atoms with Gasteiger partial charge in [0.05, 0.1) is 6.21 Å². The van der Waals surface area contributed by atoms with Crippen LogP contribution in [0.15, 0.2) is 59.8 Å². The van der Waals surface area contributed by atoms with Crippen molar-refractivity contribution in [1.29, 1.82) is 0 Å². The first kappa shape index (κ1) is 21.1. The molecule has 0 aromatic heterocycles. The molecule has 29 heavy (non-hydrogen) atoms. The fourth-order valence-corrected chi connectivity index (χ4v) is 3.35. The summed E-state index contributed by atoms with van der Waals surface area (Å²) in [7, 11) is 0. The molecule has 1 aliphatic heterocycles. The molecule has 0 N–H and O–H groups in total. The summed E-state index contributed by atoms with van der Waals surface area (Å²) in [5.41, 5.74) is 3.67. The Kier molecular flexibility index (Phi) is 7.04. The first-order valence-electron chi connectivity index (χ1n) is 10.2. The highest BCUT2D eigenvalue weighted by atomic mass is 16.6. The van der Waals surface area contributed by atoms with Gasteiger partial charge in [-0.05, 0) is 22.1 Å². The summed E-state index contributed by atoms with van der Waals surface area (Å²) in [5.74, 6) is -0.00964. The van der Waals surface area contributed by atoms with Crippen LogP contribution in [0.25, 0.3) is 0 Å². The second kappa shape index (κ2) is 9.70. The van der Waals surface area contributed by atoms with Crippen molar-refractivity contribution in [2.24, 2.45) is 5.16 Å². The van der Waals surface area contributed by atoms with E-state index in [1.807, 2.05) is 23.1 Å². The molecular weight excluding hydrogens is 362 g/mol. The average molecular weight is 394 g/mol. The van der Waals surface area contributed by atoms with Crippen molar-refractivity contribution in [2.75, 3.05) is 32.8 Å². The lowest BCUT2D eigenvalue weighted by atomic mass is 9.87. The quantitative estimate of drug-likeness (QED) is 0.556. The van der Waals surface area contributed by atoms with Gasteiger partial charge in [-0.3, -0.25) is 9.69 Å². The number of carbonyl (C=O) groups is 1. The maximum atomic E-state index is 12.3. The van der Waals surface area contributed by atoms with Crippen LogP contribution in [0.5, 0.6) is 0 Å². The van der Waals surface area contributed by atoms with Gasteiger partial charge in [-0.15, -0.1) is 0 Å². The van der Waals surface area contributed by atoms with E-state index in [0.29, 0.717) is 0 Å². The number of benzene rings is 2. The van der Waals surface area contributed by atoms with Crippen molar-refractivity contribution in [3.63, 3.8) is 0 Å². The monoisotopic (exact) mass is 393 g/mol. The number of amides is 1. The van der Waals surface area contributed by atoms with E-state index in [1.165, 1.54) is 11.1 Å². The third kappa shape index (κ3) is 6.43. The number of piperazine rings is 1. The van der Waals surface area contributed by atoms with Crippen molar-refractivity contribution in [1.82, 2.24) is 9.80 Å². The van der Waals surface area contributed by atoms with E-state index in [4.69, 9.17) is 4.84 Å². The molecule has 1 amide bonds. The molecule has 0 atom stereocenters. The van der Waals surface area contributed by atoms with Crippen LogP contribution in [0.4, 0.5) is 0 Å². The van der Waals surface area contributed by atoms with E-state index in [1.54, 1.807) is 6.21 Å². The number of nitrogens with zero attached hydrogens (tertiary/aromatic N) is 3. The predicted octanol–water partition coefficient (Wildman–Crippen LogP) is 3.68. The zero-order valence-corrected chi connectivity index (χ0v) is 17.7. The molecule has 0 radical (unpaired) electrons. The third-order valence-electron chi connectivity index (χ3n) is 5.22. The SMILES string of the molecule is CC(C)(C)c1ccc(/C=N/OCC(=O)N2CCN(Cc3ccccc3)CC2)cc1. The standard InChI is InChI=1S/C24H31N3O2/c1-24(2,3)22-11-9-20(10-12-22)17-25-29-19-23(28)27-15-13-26(14-16-27)18-21-7-5-4-6-8-21/h4-12,17H,13-16,18-19H2,1-3H3/b25-17+. The van der Waals surface area contributed by atoms with Gasteiger partial charge in [-0.1, -0.05) is 80.5 Å². The molecule has 5 heteroatoms.